The van der Waals surface area contributed by atoms with Crippen LogP contribution in [-0.2, 0) is 9.59 Å². The number of hydrogen-bond acceptors (Lipinski definition) is 3. The van der Waals surface area contributed by atoms with Crippen LogP contribution in [0.5, 0.6) is 0 Å². The first-order valence-electron chi connectivity index (χ1n) is 6.33. The number of rotatable bonds is 4. The number of carbonyl (C=O) groups excluding carboxylic acids is 2. The molecular weight excluding hydrogens is 218 g/mol. The normalized spacial score (nSPS) is 29.6. The van der Waals surface area contributed by atoms with E-state index in [1.54, 1.807) is 0 Å². The van der Waals surface area contributed by atoms with Crippen LogP contribution in [0.3, 0.4) is 0 Å². The smallest absolute Gasteiger partial charge is 0.233 e. The number of carbonyl (C=O) groups is 2. The van der Waals surface area contributed by atoms with Gasteiger partial charge in [-0.1, -0.05) is 25.5 Å². The summed E-state index contributed by atoms with van der Waals surface area (Å²) in [4.78, 5) is 25.4. The number of fused-ring (bicyclic) bond motifs is 1. The van der Waals surface area contributed by atoms with Crippen molar-refractivity contribution in [1.29, 1.82) is 0 Å². The summed E-state index contributed by atoms with van der Waals surface area (Å²) in [6.07, 6.45) is 6.17. The Hall–Kier alpha value is -1.16. The van der Waals surface area contributed by atoms with E-state index in [0.29, 0.717) is 19.3 Å². The highest BCUT2D eigenvalue weighted by Crippen LogP contribution is 2.35. The van der Waals surface area contributed by atoms with E-state index in [1.165, 1.54) is 4.90 Å². The van der Waals surface area contributed by atoms with Crippen molar-refractivity contribution in [3.63, 3.8) is 0 Å². The molecule has 2 aliphatic rings. The number of β-amino-alcohol motifs (C(OH)–C–C–N with tert-alkyl or cyclic N) is 1. The molecule has 4 heteroatoms. The molecule has 2 rings (SSSR count). The second kappa shape index (κ2) is 5.00. The zero-order valence-electron chi connectivity index (χ0n) is 10.1. The van der Waals surface area contributed by atoms with Gasteiger partial charge in [0.2, 0.25) is 11.8 Å². The third kappa shape index (κ3) is 2.27. The van der Waals surface area contributed by atoms with E-state index in [0.717, 1.165) is 6.42 Å². The lowest BCUT2D eigenvalue weighted by molar-refractivity contribution is -0.141. The summed E-state index contributed by atoms with van der Waals surface area (Å²) >= 11 is 0. The van der Waals surface area contributed by atoms with Gasteiger partial charge in [0.05, 0.1) is 24.5 Å². The Morgan fingerprint density at radius 2 is 1.82 bits per heavy atom. The first kappa shape index (κ1) is 12.3. The minimum atomic E-state index is -0.582. The van der Waals surface area contributed by atoms with Crippen LogP contribution in [0.1, 0.15) is 32.6 Å². The van der Waals surface area contributed by atoms with Gasteiger partial charge in [0, 0.05) is 0 Å². The zero-order valence-corrected chi connectivity index (χ0v) is 10.1. The van der Waals surface area contributed by atoms with Gasteiger partial charge in [-0.3, -0.25) is 14.5 Å². The Balaban J connectivity index is 2.05. The third-order valence-electron chi connectivity index (χ3n) is 3.61. The first-order chi connectivity index (χ1) is 8.15. The van der Waals surface area contributed by atoms with Gasteiger partial charge in [0.25, 0.3) is 0 Å². The molecule has 0 saturated carbocycles. The second-order valence-corrected chi connectivity index (χ2v) is 4.89. The molecule has 1 N–H and O–H groups in total. The molecule has 0 aromatic carbocycles. The Kier molecular flexibility index (Phi) is 3.62. The summed E-state index contributed by atoms with van der Waals surface area (Å²) < 4.78 is 0. The average Bonchev–Trinajstić information content (AvgIpc) is 2.56. The van der Waals surface area contributed by atoms with Crippen molar-refractivity contribution in [2.45, 2.75) is 38.7 Å². The quantitative estimate of drug-likeness (QED) is 0.588. The maximum atomic E-state index is 12.0. The summed E-state index contributed by atoms with van der Waals surface area (Å²) in [7, 11) is 0. The van der Waals surface area contributed by atoms with Crippen molar-refractivity contribution in [3.05, 3.63) is 12.2 Å². The maximum Gasteiger partial charge on any atom is 0.233 e. The monoisotopic (exact) mass is 237 g/mol. The van der Waals surface area contributed by atoms with Crippen molar-refractivity contribution in [2.24, 2.45) is 11.8 Å². The van der Waals surface area contributed by atoms with E-state index in [-0.39, 0.29) is 30.2 Å². The first-order valence-corrected chi connectivity index (χ1v) is 6.33. The van der Waals surface area contributed by atoms with Gasteiger partial charge in [-0.2, -0.15) is 0 Å². The number of allylic oxidation sites excluding steroid dienone is 2. The fraction of sp³-hybridized carbons (Fsp3) is 0.692. The molecule has 1 aliphatic carbocycles. The number of aliphatic hydroxyl groups is 1. The molecule has 1 fully saturated rings. The van der Waals surface area contributed by atoms with E-state index in [2.05, 4.69) is 0 Å². The number of nitrogens with zero attached hydrogens (tertiary/aromatic N) is 1. The number of hydrogen-bond donors (Lipinski definition) is 1. The molecule has 0 aromatic rings. The summed E-state index contributed by atoms with van der Waals surface area (Å²) in [6, 6.07) is 0. The number of amides is 2. The van der Waals surface area contributed by atoms with E-state index in [9.17, 15) is 14.7 Å². The molecule has 0 spiro atoms. The van der Waals surface area contributed by atoms with Crippen LogP contribution in [0.2, 0.25) is 0 Å². The summed E-state index contributed by atoms with van der Waals surface area (Å²) in [6.45, 7) is 2.14. The highest BCUT2D eigenvalue weighted by Gasteiger charge is 2.47. The van der Waals surface area contributed by atoms with Gasteiger partial charge < -0.3 is 5.11 Å². The molecule has 0 radical (unpaired) electrons. The van der Waals surface area contributed by atoms with Crippen LogP contribution in [0, 0.1) is 11.8 Å². The molecule has 4 nitrogen and oxygen atoms in total. The van der Waals surface area contributed by atoms with Crippen LogP contribution in [0.4, 0.5) is 0 Å². The van der Waals surface area contributed by atoms with Crippen molar-refractivity contribution >= 4 is 11.8 Å². The molecule has 17 heavy (non-hydrogen) atoms. The Morgan fingerprint density at radius 3 is 2.29 bits per heavy atom. The summed E-state index contributed by atoms with van der Waals surface area (Å²) in [5.41, 5.74) is 0. The number of likely N-dealkylation sites (tertiary alicyclic amines) is 1. The van der Waals surface area contributed by atoms with Crippen molar-refractivity contribution in [2.75, 3.05) is 6.54 Å². The van der Waals surface area contributed by atoms with Crippen LogP contribution in [-0.4, -0.2) is 34.5 Å². The van der Waals surface area contributed by atoms with Crippen molar-refractivity contribution in [1.82, 2.24) is 4.90 Å². The van der Waals surface area contributed by atoms with Crippen molar-refractivity contribution in [3.8, 4) is 0 Å². The van der Waals surface area contributed by atoms with Crippen LogP contribution >= 0.6 is 0 Å². The molecule has 1 aliphatic heterocycles. The fourth-order valence-corrected chi connectivity index (χ4v) is 2.68. The minimum Gasteiger partial charge on any atom is -0.391 e. The van der Waals surface area contributed by atoms with E-state index in [4.69, 9.17) is 0 Å². The van der Waals surface area contributed by atoms with Gasteiger partial charge in [0.15, 0.2) is 0 Å². The molecule has 3 atom stereocenters. The molecule has 1 heterocycles. The van der Waals surface area contributed by atoms with Crippen LogP contribution in [0.25, 0.3) is 0 Å². The van der Waals surface area contributed by atoms with E-state index in [1.807, 2.05) is 19.1 Å². The number of imide groups is 1. The van der Waals surface area contributed by atoms with Crippen LogP contribution < -0.4 is 0 Å². The van der Waals surface area contributed by atoms with Gasteiger partial charge in [-0.15, -0.1) is 0 Å². The molecule has 2 amide bonds. The number of aliphatic hydroxyl groups excluding tert-OH is 1. The highest BCUT2D eigenvalue weighted by atomic mass is 16.3. The predicted octanol–water partition coefficient (Wildman–Crippen LogP) is 1.10. The fourth-order valence-electron chi connectivity index (χ4n) is 2.68. The average molecular weight is 237 g/mol. The van der Waals surface area contributed by atoms with Gasteiger partial charge in [0.1, 0.15) is 0 Å². The Bertz CT molecular complexity index is 325. The maximum absolute atomic E-state index is 12.0. The summed E-state index contributed by atoms with van der Waals surface area (Å²) in [5, 5.41) is 9.72. The van der Waals surface area contributed by atoms with Crippen LogP contribution in [0.15, 0.2) is 12.2 Å². The largest absolute Gasteiger partial charge is 0.391 e. The molecular formula is C13H19NO3. The molecule has 3 unspecified atom stereocenters. The third-order valence-corrected chi connectivity index (χ3v) is 3.61. The lowest BCUT2D eigenvalue weighted by Gasteiger charge is -2.18. The molecule has 1 saturated heterocycles. The zero-order chi connectivity index (χ0) is 12.4. The Morgan fingerprint density at radius 1 is 1.29 bits per heavy atom. The second-order valence-electron chi connectivity index (χ2n) is 4.89. The minimum absolute atomic E-state index is 0.0977. The standard InChI is InChI=1S/C13H19NO3/c1-2-5-9(15)8-14-12(16)10-6-3-4-7-11(10)13(14)17/h3-4,9-11,15H,2,5-8H2,1H3. The molecule has 0 aromatic heterocycles. The molecule has 94 valence electrons. The lowest BCUT2D eigenvalue weighted by Crippen LogP contribution is -2.37. The topological polar surface area (TPSA) is 57.6 Å². The lowest BCUT2D eigenvalue weighted by atomic mass is 9.85. The van der Waals surface area contributed by atoms with Crippen molar-refractivity contribution < 1.29 is 14.7 Å². The Labute approximate surface area is 101 Å². The van der Waals surface area contributed by atoms with Gasteiger partial charge in [-0.05, 0) is 19.3 Å². The summed E-state index contributed by atoms with van der Waals surface area (Å²) in [5.74, 6) is -0.554. The van der Waals surface area contributed by atoms with E-state index >= 15 is 0 Å². The highest BCUT2D eigenvalue weighted by molar-refractivity contribution is 6.05. The molecule has 0 bridgehead atoms. The van der Waals surface area contributed by atoms with Gasteiger partial charge >= 0.3 is 0 Å². The van der Waals surface area contributed by atoms with Gasteiger partial charge in [-0.25, -0.2) is 0 Å². The SMILES string of the molecule is CCCC(O)CN1C(=O)C2CC=CCC2C1=O. The van der Waals surface area contributed by atoms with E-state index < -0.39 is 6.10 Å². The predicted molar refractivity (Wildman–Crippen MR) is 63.0 cm³/mol.